The summed E-state index contributed by atoms with van der Waals surface area (Å²) in [5, 5.41) is 0. The molecular weight excluding hydrogens is 296 g/mol. The fraction of sp³-hybridized carbons (Fsp3) is 0.294. The van der Waals surface area contributed by atoms with E-state index in [1.807, 2.05) is 69.2 Å². The molecule has 2 aromatic rings. The van der Waals surface area contributed by atoms with E-state index in [1.54, 1.807) is 6.07 Å². The predicted octanol–water partition coefficient (Wildman–Crippen LogP) is 2.85. The lowest BCUT2D eigenvalue weighted by atomic mass is 10.2. The van der Waals surface area contributed by atoms with Crippen molar-refractivity contribution in [3.05, 3.63) is 59.2 Å². The van der Waals surface area contributed by atoms with E-state index in [-0.39, 0.29) is 6.54 Å². The third-order valence-electron chi connectivity index (χ3n) is 3.54. The first-order chi connectivity index (χ1) is 10.3. The van der Waals surface area contributed by atoms with Gasteiger partial charge in [0.25, 0.3) is 0 Å². The SMILES string of the molecule is Cc1ccc(S(=O)(=O)NCc2ccc(N(C)C)cc2)c(C)c1. The monoisotopic (exact) mass is 318 g/mol. The lowest BCUT2D eigenvalue weighted by molar-refractivity contribution is 0.580. The van der Waals surface area contributed by atoms with E-state index < -0.39 is 10.0 Å². The molecule has 0 unspecified atom stereocenters. The third kappa shape index (κ3) is 3.87. The first-order valence-electron chi connectivity index (χ1n) is 7.13. The van der Waals surface area contributed by atoms with Gasteiger partial charge in [0.05, 0.1) is 4.90 Å². The molecule has 0 heterocycles. The molecule has 0 atom stereocenters. The second kappa shape index (κ2) is 6.50. The number of aryl methyl sites for hydroxylation is 2. The molecule has 5 heteroatoms. The Morgan fingerprint density at radius 1 is 1.00 bits per heavy atom. The number of nitrogens with zero attached hydrogens (tertiary/aromatic N) is 1. The van der Waals surface area contributed by atoms with Crippen molar-refractivity contribution in [2.24, 2.45) is 0 Å². The molecule has 2 aromatic carbocycles. The van der Waals surface area contributed by atoms with Gasteiger partial charge in [0.2, 0.25) is 10.0 Å². The number of benzene rings is 2. The highest BCUT2D eigenvalue weighted by atomic mass is 32.2. The van der Waals surface area contributed by atoms with Crippen molar-refractivity contribution in [3.8, 4) is 0 Å². The number of sulfonamides is 1. The van der Waals surface area contributed by atoms with Gasteiger partial charge in [0.15, 0.2) is 0 Å². The summed E-state index contributed by atoms with van der Waals surface area (Å²) in [5.41, 5.74) is 3.83. The van der Waals surface area contributed by atoms with Crippen molar-refractivity contribution >= 4 is 15.7 Å². The first kappa shape index (κ1) is 16.5. The average Bonchev–Trinajstić information content (AvgIpc) is 2.45. The zero-order chi connectivity index (χ0) is 16.3. The summed E-state index contributed by atoms with van der Waals surface area (Å²) in [6.45, 7) is 4.04. The first-order valence-corrected chi connectivity index (χ1v) is 8.61. The van der Waals surface area contributed by atoms with Gasteiger partial charge in [-0.3, -0.25) is 0 Å². The zero-order valence-electron chi connectivity index (χ0n) is 13.4. The Labute approximate surface area is 132 Å². The van der Waals surface area contributed by atoms with Crippen LogP contribution in [0.15, 0.2) is 47.4 Å². The molecular formula is C17H22N2O2S. The highest BCUT2D eigenvalue weighted by molar-refractivity contribution is 7.89. The summed E-state index contributed by atoms with van der Waals surface area (Å²) in [6, 6.07) is 13.2. The van der Waals surface area contributed by atoms with Crippen molar-refractivity contribution in [1.29, 1.82) is 0 Å². The molecule has 0 bridgehead atoms. The number of rotatable bonds is 5. The lowest BCUT2D eigenvalue weighted by Crippen LogP contribution is -2.24. The van der Waals surface area contributed by atoms with E-state index >= 15 is 0 Å². The van der Waals surface area contributed by atoms with E-state index in [0.717, 1.165) is 22.4 Å². The van der Waals surface area contributed by atoms with Gasteiger partial charge in [0.1, 0.15) is 0 Å². The fourth-order valence-corrected chi connectivity index (χ4v) is 3.51. The second-order valence-corrected chi connectivity index (χ2v) is 7.39. The van der Waals surface area contributed by atoms with Crippen molar-refractivity contribution in [2.75, 3.05) is 19.0 Å². The van der Waals surface area contributed by atoms with Crippen LogP contribution in [0, 0.1) is 13.8 Å². The molecule has 0 aliphatic carbocycles. The maximum atomic E-state index is 12.4. The van der Waals surface area contributed by atoms with Crippen molar-refractivity contribution in [2.45, 2.75) is 25.3 Å². The van der Waals surface area contributed by atoms with Gasteiger partial charge in [0, 0.05) is 26.3 Å². The molecule has 0 aliphatic heterocycles. The minimum Gasteiger partial charge on any atom is -0.378 e. The minimum absolute atomic E-state index is 0.281. The van der Waals surface area contributed by atoms with E-state index in [0.29, 0.717) is 4.90 Å². The third-order valence-corrected chi connectivity index (χ3v) is 5.10. The number of anilines is 1. The van der Waals surface area contributed by atoms with Gasteiger partial charge in [-0.25, -0.2) is 13.1 Å². The highest BCUT2D eigenvalue weighted by Gasteiger charge is 2.16. The summed E-state index contributed by atoms with van der Waals surface area (Å²) in [4.78, 5) is 2.34. The molecule has 0 fully saturated rings. The molecule has 0 saturated heterocycles. The molecule has 22 heavy (non-hydrogen) atoms. The Kier molecular flexibility index (Phi) is 4.88. The standard InChI is InChI=1S/C17H22N2O2S/c1-13-5-10-17(14(2)11-13)22(20,21)18-12-15-6-8-16(9-7-15)19(3)4/h5-11,18H,12H2,1-4H3. The molecule has 1 N–H and O–H groups in total. The van der Waals surface area contributed by atoms with Crippen LogP contribution in [0.5, 0.6) is 0 Å². The van der Waals surface area contributed by atoms with E-state index in [2.05, 4.69) is 4.72 Å². The Morgan fingerprint density at radius 2 is 1.64 bits per heavy atom. The number of nitrogens with one attached hydrogen (secondary N) is 1. The molecule has 2 rings (SSSR count). The lowest BCUT2D eigenvalue weighted by Gasteiger charge is -2.13. The molecule has 0 saturated carbocycles. The van der Waals surface area contributed by atoms with Crippen LogP contribution >= 0.6 is 0 Å². The smallest absolute Gasteiger partial charge is 0.241 e. The predicted molar refractivity (Wildman–Crippen MR) is 90.7 cm³/mol. The molecule has 118 valence electrons. The Morgan fingerprint density at radius 3 is 2.18 bits per heavy atom. The van der Waals surface area contributed by atoms with Crippen LogP contribution in [-0.2, 0) is 16.6 Å². The molecule has 0 aromatic heterocycles. The summed E-state index contributed by atoms with van der Waals surface area (Å²) >= 11 is 0. The molecule has 0 radical (unpaired) electrons. The quantitative estimate of drug-likeness (QED) is 0.922. The number of hydrogen-bond acceptors (Lipinski definition) is 3. The topological polar surface area (TPSA) is 49.4 Å². The normalized spacial score (nSPS) is 11.5. The largest absolute Gasteiger partial charge is 0.378 e. The van der Waals surface area contributed by atoms with Crippen LogP contribution in [0.3, 0.4) is 0 Å². The van der Waals surface area contributed by atoms with Crippen molar-refractivity contribution in [3.63, 3.8) is 0 Å². The maximum absolute atomic E-state index is 12.4. The zero-order valence-corrected chi connectivity index (χ0v) is 14.2. The molecule has 0 amide bonds. The van der Waals surface area contributed by atoms with Crippen LogP contribution < -0.4 is 9.62 Å². The Hall–Kier alpha value is -1.85. The number of hydrogen-bond donors (Lipinski definition) is 1. The van der Waals surface area contributed by atoms with Crippen LogP contribution in [0.1, 0.15) is 16.7 Å². The summed E-state index contributed by atoms with van der Waals surface area (Å²) in [5.74, 6) is 0. The maximum Gasteiger partial charge on any atom is 0.241 e. The molecule has 4 nitrogen and oxygen atoms in total. The summed E-state index contributed by atoms with van der Waals surface area (Å²) in [6.07, 6.45) is 0. The fourth-order valence-electron chi connectivity index (χ4n) is 2.27. The summed E-state index contributed by atoms with van der Waals surface area (Å²) in [7, 11) is 0.447. The van der Waals surface area contributed by atoms with Gasteiger partial charge < -0.3 is 4.90 Å². The van der Waals surface area contributed by atoms with Crippen LogP contribution in [0.4, 0.5) is 5.69 Å². The van der Waals surface area contributed by atoms with Crippen LogP contribution in [0.2, 0.25) is 0 Å². The van der Waals surface area contributed by atoms with Gasteiger partial charge in [-0.05, 0) is 43.2 Å². The van der Waals surface area contributed by atoms with Gasteiger partial charge in [-0.15, -0.1) is 0 Å². The molecule has 0 aliphatic rings. The highest BCUT2D eigenvalue weighted by Crippen LogP contribution is 2.17. The second-order valence-electron chi connectivity index (χ2n) is 5.65. The van der Waals surface area contributed by atoms with E-state index in [4.69, 9.17) is 0 Å². The van der Waals surface area contributed by atoms with E-state index in [1.165, 1.54) is 0 Å². The van der Waals surface area contributed by atoms with Gasteiger partial charge in [-0.2, -0.15) is 0 Å². The van der Waals surface area contributed by atoms with Crippen molar-refractivity contribution < 1.29 is 8.42 Å². The average molecular weight is 318 g/mol. The Bertz CT molecular complexity index is 751. The molecule has 0 spiro atoms. The van der Waals surface area contributed by atoms with Gasteiger partial charge >= 0.3 is 0 Å². The Balaban J connectivity index is 2.12. The minimum atomic E-state index is -3.49. The van der Waals surface area contributed by atoms with Crippen LogP contribution in [-0.4, -0.2) is 22.5 Å². The van der Waals surface area contributed by atoms with Gasteiger partial charge in [-0.1, -0.05) is 29.8 Å². The van der Waals surface area contributed by atoms with E-state index in [9.17, 15) is 8.42 Å². The van der Waals surface area contributed by atoms with Crippen LogP contribution in [0.25, 0.3) is 0 Å². The van der Waals surface area contributed by atoms with Crippen molar-refractivity contribution in [1.82, 2.24) is 4.72 Å². The summed E-state index contributed by atoms with van der Waals surface area (Å²) < 4.78 is 27.4.